The third kappa shape index (κ3) is 4.53. The predicted molar refractivity (Wildman–Crippen MR) is 71.0 cm³/mol. The molecule has 0 aliphatic rings. The summed E-state index contributed by atoms with van der Waals surface area (Å²) in [4.78, 5) is 20.9. The lowest BCUT2D eigenvalue weighted by Gasteiger charge is -2.00. The molecule has 0 aliphatic heterocycles. The van der Waals surface area contributed by atoms with E-state index in [1.165, 1.54) is 6.07 Å². The Morgan fingerprint density at radius 3 is 1.70 bits per heavy atom. The van der Waals surface area contributed by atoms with Crippen molar-refractivity contribution in [2.75, 3.05) is 7.11 Å². The summed E-state index contributed by atoms with van der Waals surface area (Å²) < 4.78 is 54.3. The molecule has 0 radical (unpaired) electrons. The minimum Gasteiger partial charge on any atom is -0.478 e. The number of aromatic carboxylic acids is 1. The number of rotatable bonds is 2. The van der Waals surface area contributed by atoms with Crippen molar-refractivity contribution in [3.8, 4) is 0 Å². The second-order valence-electron chi connectivity index (χ2n) is 4.00. The van der Waals surface area contributed by atoms with Gasteiger partial charge in [0.25, 0.3) is 0 Å². The predicted octanol–water partition coefficient (Wildman–Crippen LogP) is 3.41. The molecule has 122 valence electrons. The van der Waals surface area contributed by atoms with Gasteiger partial charge in [-0.1, -0.05) is 12.1 Å². The van der Waals surface area contributed by atoms with E-state index in [1.807, 2.05) is 0 Å². The molecular formula is C15H10F4O4. The van der Waals surface area contributed by atoms with Crippen LogP contribution in [0.15, 0.2) is 36.4 Å². The average molecular weight is 330 g/mol. The lowest BCUT2D eigenvalue weighted by atomic mass is 10.2. The van der Waals surface area contributed by atoms with Crippen LogP contribution in [0.1, 0.15) is 20.7 Å². The third-order valence-corrected chi connectivity index (χ3v) is 2.54. The molecule has 0 aliphatic carbocycles. The van der Waals surface area contributed by atoms with Crippen molar-refractivity contribution in [2.45, 2.75) is 0 Å². The Labute approximate surface area is 127 Å². The number of esters is 1. The number of carbonyl (C=O) groups is 2. The fourth-order valence-electron chi connectivity index (χ4n) is 1.44. The van der Waals surface area contributed by atoms with E-state index >= 15 is 0 Å². The number of hydrogen-bond acceptors (Lipinski definition) is 3. The first kappa shape index (κ1) is 18.1. The maximum atomic E-state index is 12.8. The number of carboxylic acid groups (broad SMARTS) is 1. The molecule has 2 aromatic rings. The number of carbonyl (C=O) groups excluding carboxylic acids is 1. The van der Waals surface area contributed by atoms with E-state index in [9.17, 15) is 27.2 Å². The second-order valence-corrected chi connectivity index (χ2v) is 4.00. The molecule has 0 amide bonds. The van der Waals surface area contributed by atoms with Gasteiger partial charge < -0.3 is 9.84 Å². The molecule has 0 saturated heterocycles. The van der Waals surface area contributed by atoms with Crippen molar-refractivity contribution >= 4 is 11.9 Å². The van der Waals surface area contributed by atoms with E-state index in [2.05, 4.69) is 4.74 Å². The zero-order valence-corrected chi connectivity index (χ0v) is 11.6. The highest BCUT2D eigenvalue weighted by molar-refractivity contribution is 5.89. The van der Waals surface area contributed by atoms with Gasteiger partial charge in [0.05, 0.1) is 18.2 Å². The molecular weight excluding hydrogens is 320 g/mol. The fraction of sp³-hybridized carbons (Fsp3) is 0.0667. The molecule has 4 nitrogen and oxygen atoms in total. The van der Waals surface area contributed by atoms with E-state index in [-0.39, 0.29) is 0 Å². The Morgan fingerprint density at radius 2 is 1.30 bits per heavy atom. The summed E-state index contributed by atoms with van der Waals surface area (Å²) in [7, 11) is 1.10. The van der Waals surface area contributed by atoms with Crippen LogP contribution in [0.3, 0.4) is 0 Å². The number of hydrogen-bond donors (Lipinski definition) is 1. The molecule has 0 unspecified atom stereocenters. The van der Waals surface area contributed by atoms with Crippen LogP contribution in [0.2, 0.25) is 0 Å². The van der Waals surface area contributed by atoms with Gasteiger partial charge in [0.2, 0.25) is 0 Å². The van der Waals surface area contributed by atoms with Crippen molar-refractivity contribution in [1.82, 2.24) is 0 Å². The summed E-state index contributed by atoms with van der Waals surface area (Å²) in [6.45, 7) is 0. The van der Waals surface area contributed by atoms with Crippen LogP contribution in [0, 0.1) is 23.3 Å². The zero-order valence-electron chi connectivity index (χ0n) is 11.6. The van der Waals surface area contributed by atoms with Crippen LogP contribution in [0.25, 0.3) is 0 Å². The average Bonchev–Trinajstić information content (AvgIpc) is 2.52. The normalized spacial score (nSPS) is 9.61. The van der Waals surface area contributed by atoms with E-state index in [1.54, 1.807) is 0 Å². The summed E-state index contributed by atoms with van der Waals surface area (Å²) >= 11 is 0. The minimum absolute atomic E-state index is 0.391. The van der Waals surface area contributed by atoms with E-state index in [0.717, 1.165) is 37.4 Å². The van der Waals surface area contributed by atoms with Gasteiger partial charge >= 0.3 is 11.9 Å². The van der Waals surface area contributed by atoms with E-state index < -0.39 is 46.3 Å². The maximum absolute atomic E-state index is 12.8. The standard InChI is InChI=1S/C8H6F2O2.C7H4F2O2/c1-12-8(11)5-3-2-4-6(9)7(5)10;8-5-3-1-2-4(6(5)9)7(10)11/h2-4H,1H3;1-3H,(H,10,11). The van der Waals surface area contributed by atoms with Gasteiger partial charge in [-0.3, -0.25) is 0 Å². The van der Waals surface area contributed by atoms with Crippen molar-refractivity contribution in [2.24, 2.45) is 0 Å². The summed E-state index contributed by atoms with van der Waals surface area (Å²) in [6.07, 6.45) is 0. The Morgan fingerprint density at radius 1 is 0.870 bits per heavy atom. The van der Waals surface area contributed by atoms with Gasteiger partial charge in [0.15, 0.2) is 23.3 Å². The molecule has 0 spiro atoms. The van der Waals surface area contributed by atoms with Crippen LogP contribution in [0.4, 0.5) is 17.6 Å². The summed E-state index contributed by atoms with van der Waals surface area (Å²) in [5.74, 6) is -7.05. The fourth-order valence-corrected chi connectivity index (χ4v) is 1.44. The molecule has 8 heteroatoms. The molecule has 0 aromatic heterocycles. The molecule has 2 rings (SSSR count). The van der Waals surface area contributed by atoms with E-state index in [4.69, 9.17) is 5.11 Å². The minimum atomic E-state index is -1.47. The highest BCUT2D eigenvalue weighted by Gasteiger charge is 2.14. The van der Waals surface area contributed by atoms with Crippen molar-refractivity contribution < 1.29 is 37.0 Å². The third-order valence-electron chi connectivity index (χ3n) is 2.54. The summed E-state index contributed by atoms with van der Waals surface area (Å²) in [5.41, 5.74) is -1.04. The van der Waals surface area contributed by atoms with Crippen LogP contribution in [0.5, 0.6) is 0 Å². The van der Waals surface area contributed by atoms with Gasteiger partial charge in [-0.2, -0.15) is 0 Å². The first-order valence-electron chi connectivity index (χ1n) is 5.99. The Hall–Kier alpha value is -2.90. The molecule has 0 saturated carbocycles. The SMILES string of the molecule is COC(=O)c1cccc(F)c1F.O=C(O)c1cccc(F)c1F. The Kier molecular flexibility index (Phi) is 6.25. The monoisotopic (exact) mass is 330 g/mol. The zero-order chi connectivity index (χ0) is 17.6. The van der Waals surface area contributed by atoms with Gasteiger partial charge in [0, 0.05) is 0 Å². The van der Waals surface area contributed by atoms with Crippen LogP contribution in [-0.4, -0.2) is 24.2 Å². The molecule has 2 aromatic carbocycles. The van der Waals surface area contributed by atoms with Crippen molar-refractivity contribution in [1.29, 1.82) is 0 Å². The summed E-state index contributed by atoms with van der Waals surface area (Å²) in [5, 5.41) is 8.28. The van der Waals surface area contributed by atoms with Crippen LogP contribution >= 0.6 is 0 Å². The second kappa shape index (κ2) is 7.92. The van der Waals surface area contributed by atoms with E-state index in [0.29, 0.717) is 0 Å². The molecule has 0 atom stereocenters. The number of ether oxygens (including phenoxy) is 1. The number of benzene rings is 2. The topological polar surface area (TPSA) is 63.6 Å². The maximum Gasteiger partial charge on any atom is 0.340 e. The Balaban J connectivity index is 0.000000231. The summed E-state index contributed by atoms with van der Waals surface area (Å²) in [6, 6.07) is 6.33. The van der Waals surface area contributed by atoms with Gasteiger partial charge in [-0.25, -0.2) is 27.2 Å². The van der Waals surface area contributed by atoms with Crippen molar-refractivity contribution in [3.63, 3.8) is 0 Å². The molecule has 0 fully saturated rings. The molecule has 23 heavy (non-hydrogen) atoms. The molecule has 0 heterocycles. The quantitative estimate of drug-likeness (QED) is 0.677. The lowest BCUT2D eigenvalue weighted by molar-refractivity contribution is 0.0593. The largest absolute Gasteiger partial charge is 0.478 e. The molecule has 0 bridgehead atoms. The lowest BCUT2D eigenvalue weighted by Crippen LogP contribution is -2.05. The van der Waals surface area contributed by atoms with Gasteiger partial charge in [0.1, 0.15) is 0 Å². The highest BCUT2D eigenvalue weighted by atomic mass is 19.2. The first-order valence-corrected chi connectivity index (χ1v) is 5.99. The molecule has 1 N–H and O–H groups in total. The Bertz CT molecular complexity index is 731. The first-order chi connectivity index (χ1) is 10.8. The van der Waals surface area contributed by atoms with Gasteiger partial charge in [-0.15, -0.1) is 0 Å². The number of carboxylic acids is 1. The van der Waals surface area contributed by atoms with Crippen LogP contribution < -0.4 is 0 Å². The smallest absolute Gasteiger partial charge is 0.340 e. The number of halogens is 4. The number of methoxy groups -OCH3 is 1. The van der Waals surface area contributed by atoms with Crippen LogP contribution in [-0.2, 0) is 4.74 Å². The van der Waals surface area contributed by atoms with Gasteiger partial charge in [-0.05, 0) is 24.3 Å². The highest BCUT2D eigenvalue weighted by Crippen LogP contribution is 2.12. The van der Waals surface area contributed by atoms with Crippen molar-refractivity contribution in [3.05, 3.63) is 70.8 Å².